The van der Waals surface area contributed by atoms with Crippen molar-refractivity contribution in [2.45, 2.75) is 19.3 Å². The van der Waals surface area contributed by atoms with Crippen LogP contribution in [0.15, 0.2) is 54.6 Å². The topological polar surface area (TPSA) is 46.6 Å². The van der Waals surface area contributed by atoms with Gasteiger partial charge in [0.25, 0.3) is 0 Å². The summed E-state index contributed by atoms with van der Waals surface area (Å²) in [5.41, 5.74) is 2.19. The number of anilines is 1. The molecule has 23 heavy (non-hydrogen) atoms. The van der Waals surface area contributed by atoms with Gasteiger partial charge in [-0.3, -0.25) is 4.79 Å². The van der Waals surface area contributed by atoms with Crippen LogP contribution in [0.2, 0.25) is 0 Å². The van der Waals surface area contributed by atoms with Gasteiger partial charge in [0, 0.05) is 13.5 Å². The van der Waals surface area contributed by atoms with Gasteiger partial charge in [0.2, 0.25) is 5.91 Å². The molecule has 0 fully saturated rings. The average Bonchev–Trinajstić information content (AvgIpc) is 2.61. The molecule has 2 aromatic carbocycles. The predicted octanol–water partition coefficient (Wildman–Crippen LogP) is 3.46. The van der Waals surface area contributed by atoms with Gasteiger partial charge in [-0.15, -0.1) is 0 Å². The minimum Gasteiger partial charge on any atom is -0.465 e. The van der Waals surface area contributed by atoms with Crippen LogP contribution in [0.25, 0.3) is 0 Å². The van der Waals surface area contributed by atoms with Crippen LogP contribution in [0.5, 0.6) is 0 Å². The Labute approximate surface area is 136 Å². The predicted molar refractivity (Wildman–Crippen MR) is 90.6 cm³/mol. The summed E-state index contributed by atoms with van der Waals surface area (Å²) in [6.45, 7) is 0. The average molecular weight is 311 g/mol. The number of para-hydroxylation sites is 1. The third-order valence-corrected chi connectivity index (χ3v) is 3.74. The van der Waals surface area contributed by atoms with Crippen LogP contribution in [0, 0.1) is 0 Å². The second-order valence-electron chi connectivity index (χ2n) is 5.30. The van der Waals surface area contributed by atoms with Crippen molar-refractivity contribution in [3.63, 3.8) is 0 Å². The number of hydrogen-bond acceptors (Lipinski definition) is 3. The Morgan fingerprint density at radius 1 is 1.00 bits per heavy atom. The minimum absolute atomic E-state index is 0.0164. The summed E-state index contributed by atoms with van der Waals surface area (Å²) >= 11 is 0. The lowest BCUT2D eigenvalue weighted by Gasteiger charge is -2.19. The van der Waals surface area contributed by atoms with E-state index in [0.717, 1.165) is 12.8 Å². The fourth-order valence-corrected chi connectivity index (χ4v) is 2.44. The summed E-state index contributed by atoms with van der Waals surface area (Å²) in [5, 5.41) is 0. The van der Waals surface area contributed by atoms with Crippen LogP contribution in [0.4, 0.5) is 5.69 Å². The zero-order valence-corrected chi connectivity index (χ0v) is 13.5. The van der Waals surface area contributed by atoms with Crippen molar-refractivity contribution in [3.05, 3.63) is 65.7 Å². The van der Waals surface area contributed by atoms with Crippen molar-refractivity contribution < 1.29 is 14.3 Å². The van der Waals surface area contributed by atoms with Crippen LogP contribution in [0.1, 0.15) is 28.8 Å². The fourth-order valence-electron chi connectivity index (χ4n) is 2.44. The van der Waals surface area contributed by atoms with Gasteiger partial charge in [0.1, 0.15) is 0 Å². The first-order chi connectivity index (χ1) is 11.1. The van der Waals surface area contributed by atoms with Crippen molar-refractivity contribution in [1.82, 2.24) is 0 Å². The van der Waals surface area contributed by atoms with Crippen molar-refractivity contribution >= 4 is 17.6 Å². The first-order valence-corrected chi connectivity index (χ1v) is 7.61. The molecule has 0 aliphatic heterocycles. The molecule has 0 aromatic heterocycles. The monoisotopic (exact) mass is 311 g/mol. The molecule has 0 saturated heterocycles. The van der Waals surface area contributed by atoms with Gasteiger partial charge in [0.05, 0.1) is 18.4 Å². The van der Waals surface area contributed by atoms with Gasteiger partial charge >= 0.3 is 5.97 Å². The Hall–Kier alpha value is -2.62. The molecular formula is C19H21NO3. The summed E-state index contributed by atoms with van der Waals surface area (Å²) in [7, 11) is 3.02. The second kappa shape index (κ2) is 8.13. The van der Waals surface area contributed by atoms with E-state index >= 15 is 0 Å². The normalized spacial score (nSPS) is 10.2. The number of nitrogens with zero attached hydrogens (tertiary/aromatic N) is 1. The van der Waals surface area contributed by atoms with Crippen LogP contribution in [-0.4, -0.2) is 26.0 Å². The van der Waals surface area contributed by atoms with Gasteiger partial charge in [0.15, 0.2) is 0 Å². The summed E-state index contributed by atoms with van der Waals surface area (Å²) in [6, 6.07) is 17.1. The largest absolute Gasteiger partial charge is 0.465 e. The molecule has 120 valence electrons. The van der Waals surface area contributed by atoms with Crippen LogP contribution in [0.3, 0.4) is 0 Å². The molecule has 0 atom stereocenters. The number of carbonyl (C=O) groups excluding carboxylic acids is 2. The SMILES string of the molecule is COC(=O)c1ccccc1N(C)C(=O)CCCc1ccccc1. The lowest BCUT2D eigenvalue weighted by atomic mass is 10.1. The zero-order valence-electron chi connectivity index (χ0n) is 13.5. The Morgan fingerprint density at radius 3 is 2.35 bits per heavy atom. The summed E-state index contributed by atoms with van der Waals surface area (Å²) < 4.78 is 4.77. The highest BCUT2D eigenvalue weighted by atomic mass is 16.5. The van der Waals surface area contributed by atoms with E-state index in [2.05, 4.69) is 12.1 Å². The number of esters is 1. The van der Waals surface area contributed by atoms with E-state index in [4.69, 9.17) is 4.74 Å². The molecule has 0 aliphatic rings. The van der Waals surface area contributed by atoms with Crippen molar-refractivity contribution in [2.24, 2.45) is 0 Å². The van der Waals surface area contributed by atoms with Gasteiger partial charge in [-0.25, -0.2) is 4.79 Å². The van der Waals surface area contributed by atoms with Crippen molar-refractivity contribution in [1.29, 1.82) is 0 Å². The van der Waals surface area contributed by atoms with E-state index in [-0.39, 0.29) is 5.91 Å². The third-order valence-electron chi connectivity index (χ3n) is 3.74. The number of aryl methyl sites for hydroxylation is 1. The number of hydrogen-bond donors (Lipinski definition) is 0. The van der Waals surface area contributed by atoms with Gasteiger partial charge in [-0.2, -0.15) is 0 Å². The van der Waals surface area contributed by atoms with E-state index in [1.807, 2.05) is 18.2 Å². The van der Waals surface area contributed by atoms with Crippen LogP contribution < -0.4 is 4.90 Å². The number of amides is 1. The van der Waals surface area contributed by atoms with Crippen LogP contribution >= 0.6 is 0 Å². The second-order valence-corrected chi connectivity index (χ2v) is 5.30. The van der Waals surface area contributed by atoms with E-state index in [0.29, 0.717) is 17.7 Å². The Morgan fingerprint density at radius 2 is 1.65 bits per heavy atom. The first-order valence-electron chi connectivity index (χ1n) is 7.61. The maximum Gasteiger partial charge on any atom is 0.339 e. The molecule has 0 unspecified atom stereocenters. The molecule has 0 saturated carbocycles. The maximum atomic E-state index is 12.4. The Bertz CT molecular complexity index is 667. The molecule has 0 heterocycles. The third kappa shape index (κ3) is 4.42. The quantitative estimate of drug-likeness (QED) is 0.768. The molecule has 4 nitrogen and oxygen atoms in total. The van der Waals surface area contributed by atoms with E-state index in [1.54, 1.807) is 31.3 Å². The highest BCUT2D eigenvalue weighted by molar-refractivity contribution is 6.02. The number of rotatable bonds is 6. The highest BCUT2D eigenvalue weighted by Gasteiger charge is 2.18. The molecule has 0 aliphatic carbocycles. The molecule has 2 rings (SSSR count). The van der Waals surface area contributed by atoms with Gasteiger partial charge in [-0.05, 0) is 30.5 Å². The molecule has 0 spiro atoms. The summed E-state index contributed by atoms with van der Waals surface area (Å²) in [4.78, 5) is 25.7. The Kier molecular flexibility index (Phi) is 5.92. The Balaban J connectivity index is 1.98. The molecule has 0 bridgehead atoms. The number of benzene rings is 2. The molecular weight excluding hydrogens is 290 g/mol. The summed E-state index contributed by atoms with van der Waals surface area (Å²) in [6.07, 6.45) is 2.06. The van der Waals surface area contributed by atoms with Crippen LogP contribution in [-0.2, 0) is 16.0 Å². The number of carbonyl (C=O) groups is 2. The summed E-state index contributed by atoms with van der Waals surface area (Å²) in [5.74, 6) is -0.457. The van der Waals surface area contributed by atoms with Gasteiger partial charge in [-0.1, -0.05) is 42.5 Å². The fraction of sp³-hybridized carbons (Fsp3) is 0.263. The molecule has 2 aromatic rings. The first kappa shape index (κ1) is 16.7. The minimum atomic E-state index is -0.440. The lowest BCUT2D eigenvalue weighted by molar-refractivity contribution is -0.118. The maximum absolute atomic E-state index is 12.4. The van der Waals surface area contributed by atoms with E-state index < -0.39 is 5.97 Å². The number of methoxy groups -OCH3 is 1. The highest BCUT2D eigenvalue weighted by Crippen LogP contribution is 2.21. The zero-order chi connectivity index (χ0) is 16.7. The smallest absolute Gasteiger partial charge is 0.339 e. The molecule has 1 amide bonds. The van der Waals surface area contributed by atoms with E-state index in [1.165, 1.54) is 17.6 Å². The van der Waals surface area contributed by atoms with Crippen molar-refractivity contribution in [2.75, 3.05) is 19.1 Å². The lowest BCUT2D eigenvalue weighted by Crippen LogP contribution is -2.27. The molecule has 4 heteroatoms. The molecule has 0 N–H and O–H groups in total. The molecule has 0 radical (unpaired) electrons. The van der Waals surface area contributed by atoms with Crippen molar-refractivity contribution in [3.8, 4) is 0 Å². The number of ether oxygens (including phenoxy) is 1. The van der Waals surface area contributed by atoms with Gasteiger partial charge < -0.3 is 9.64 Å². The van der Waals surface area contributed by atoms with E-state index in [9.17, 15) is 9.59 Å². The standard InChI is InChI=1S/C19H21NO3/c1-20(17-13-7-6-12-16(17)19(22)23-2)18(21)14-8-11-15-9-4-3-5-10-15/h3-7,9-10,12-13H,8,11,14H2,1-2H3.